The van der Waals surface area contributed by atoms with Crippen molar-refractivity contribution in [3.05, 3.63) is 29.4 Å². The van der Waals surface area contributed by atoms with Crippen LogP contribution >= 0.6 is 0 Å². The zero-order valence-electron chi connectivity index (χ0n) is 18.8. The summed E-state index contributed by atoms with van der Waals surface area (Å²) in [6, 6.07) is 0. The monoisotopic (exact) mass is 519 g/mol. The number of aromatic nitrogens is 3. The van der Waals surface area contributed by atoms with Gasteiger partial charge in [0.15, 0.2) is 22.9 Å². The highest BCUT2D eigenvalue weighted by Crippen LogP contribution is 2.56. The average molecular weight is 519 g/mol. The van der Waals surface area contributed by atoms with E-state index in [1.54, 1.807) is 0 Å². The number of allylic oxidation sites excluding steroid dienone is 1. The van der Waals surface area contributed by atoms with Crippen LogP contribution in [0.15, 0.2) is 16.9 Å². The van der Waals surface area contributed by atoms with Crippen LogP contribution in [0.3, 0.4) is 0 Å². The number of aliphatic imine (C=N–C) groups is 1. The minimum absolute atomic E-state index is 0.00847. The first-order valence-corrected chi connectivity index (χ1v) is 11.5. The van der Waals surface area contributed by atoms with Gasteiger partial charge in [0.25, 0.3) is 18.3 Å². The van der Waals surface area contributed by atoms with Gasteiger partial charge in [-0.25, -0.2) is 57.2 Å². The number of hydrogen-bond donors (Lipinski definition) is 3. The Morgan fingerprint density at radius 1 is 0.861 bits per heavy atom. The summed E-state index contributed by atoms with van der Waals surface area (Å²) in [6.45, 7) is -0.246. The van der Waals surface area contributed by atoms with Crippen LogP contribution in [0.1, 0.15) is 49.6 Å². The molecule has 4 heterocycles. The van der Waals surface area contributed by atoms with Gasteiger partial charge in [-0.2, -0.15) is 0 Å². The van der Waals surface area contributed by atoms with Crippen molar-refractivity contribution in [1.82, 2.24) is 25.9 Å². The normalized spacial score (nSPS) is 40.5. The van der Waals surface area contributed by atoms with E-state index < -0.39 is 65.4 Å². The van der Waals surface area contributed by atoms with Crippen LogP contribution < -0.4 is 16.7 Å². The minimum Gasteiger partial charge on any atom is -0.384 e. The second-order valence-corrected chi connectivity index (χ2v) is 10.3. The molecule has 2 saturated carbocycles. The highest BCUT2D eigenvalue weighted by molar-refractivity contribution is 5.75. The number of nitrogens with two attached hydrogens (primary N) is 1. The van der Waals surface area contributed by atoms with E-state index in [-0.39, 0.29) is 49.8 Å². The molecule has 0 radical (unpaired) electrons. The molecule has 5 aliphatic rings. The fraction of sp³-hybridized carbons (Fsp3) is 0.714. The zero-order chi connectivity index (χ0) is 25.6. The van der Waals surface area contributed by atoms with E-state index in [1.165, 1.54) is 6.08 Å². The van der Waals surface area contributed by atoms with Gasteiger partial charge in [0.05, 0.1) is 12.8 Å². The average Bonchev–Trinajstić information content (AvgIpc) is 3.14. The molecule has 4 bridgehead atoms. The summed E-state index contributed by atoms with van der Waals surface area (Å²) in [5.74, 6) is -9.69. The topological polar surface area (TPSA) is 120 Å². The molecule has 1 aromatic rings. The molecule has 4 N–H and O–H groups in total. The summed E-state index contributed by atoms with van der Waals surface area (Å²) in [5, 5.41) is 0. The quantitative estimate of drug-likeness (QED) is 0.518. The van der Waals surface area contributed by atoms with Crippen LogP contribution in [0, 0.1) is 11.8 Å². The highest BCUT2D eigenvalue weighted by atomic mass is 19.3. The first-order chi connectivity index (χ1) is 16.9. The van der Waals surface area contributed by atoms with Crippen LogP contribution in [0.4, 0.5) is 26.3 Å². The van der Waals surface area contributed by atoms with E-state index in [2.05, 4.69) is 30.9 Å². The molecule has 9 nitrogen and oxygen atoms in total. The van der Waals surface area contributed by atoms with Crippen molar-refractivity contribution in [2.75, 3.05) is 13.1 Å². The Morgan fingerprint density at radius 2 is 1.36 bits per heavy atom. The van der Waals surface area contributed by atoms with E-state index in [9.17, 15) is 26.3 Å². The fourth-order valence-corrected chi connectivity index (χ4v) is 5.83. The maximum Gasteiger partial charge on any atom is 0.256 e. The first-order valence-electron chi connectivity index (χ1n) is 11.5. The molecular formula is C21H23F6N7O2. The van der Waals surface area contributed by atoms with Crippen molar-refractivity contribution >= 4 is 6.21 Å². The fourth-order valence-electron chi connectivity index (χ4n) is 5.83. The Bertz CT molecular complexity index is 1090. The number of hydroxylamine groups is 2. The van der Waals surface area contributed by atoms with Crippen molar-refractivity contribution in [2.24, 2.45) is 22.6 Å². The molecule has 5 atom stereocenters. The lowest BCUT2D eigenvalue weighted by molar-refractivity contribution is -0.145. The van der Waals surface area contributed by atoms with Crippen LogP contribution in [0.2, 0.25) is 0 Å². The predicted octanol–water partition coefficient (Wildman–Crippen LogP) is 2.20. The Balaban J connectivity index is 1.54. The molecule has 6 rings (SSSR count). The van der Waals surface area contributed by atoms with Gasteiger partial charge >= 0.3 is 0 Å². The van der Waals surface area contributed by atoms with E-state index in [4.69, 9.17) is 15.4 Å². The Labute approximate surface area is 200 Å². The van der Waals surface area contributed by atoms with Gasteiger partial charge in [0.2, 0.25) is 0 Å². The zero-order valence-corrected chi connectivity index (χ0v) is 18.8. The summed E-state index contributed by atoms with van der Waals surface area (Å²) in [4.78, 5) is 27.7. The predicted molar refractivity (Wildman–Crippen MR) is 110 cm³/mol. The number of fused-ring (bicyclic) bond motifs is 4. The largest absolute Gasteiger partial charge is 0.384 e. The van der Waals surface area contributed by atoms with E-state index in [0.717, 1.165) is 6.21 Å². The van der Waals surface area contributed by atoms with Crippen LogP contribution in [-0.4, -0.2) is 52.5 Å². The lowest BCUT2D eigenvalue weighted by Crippen LogP contribution is -2.46. The van der Waals surface area contributed by atoms with Crippen molar-refractivity contribution in [3.63, 3.8) is 0 Å². The second-order valence-electron chi connectivity index (χ2n) is 10.3. The van der Waals surface area contributed by atoms with Gasteiger partial charge in [0.1, 0.15) is 17.1 Å². The number of halogens is 6. The number of alkyl halides is 6. The van der Waals surface area contributed by atoms with Crippen molar-refractivity contribution < 1.29 is 36.0 Å². The SMILES string of the molecule is NC1=CCC(c2nc(C34CC(CNO3)C(F)(F)C4)nc(C34CC(CNO3)C(F)(F)C4)n2)(C(F)F)C=N1. The minimum atomic E-state index is -3.15. The summed E-state index contributed by atoms with van der Waals surface area (Å²) >= 11 is 0. The lowest BCUT2D eigenvalue weighted by atomic mass is 9.83. The third-order valence-electron chi connectivity index (χ3n) is 7.93. The molecule has 36 heavy (non-hydrogen) atoms. The van der Waals surface area contributed by atoms with Crippen LogP contribution in [0.25, 0.3) is 0 Å². The van der Waals surface area contributed by atoms with Crippen molar-refractivity contribution in [1.29, 1.82) is 0 Å². The number of nitrogens with one attached hydrogen (secondary N) is 2. The third kappa shape index (κ3) is 3.39. The lowest BCUT2D eigenvalue weighted by Gasteiger charge is -2.36. The van der Waals surface area contributed by atoms with Gasteiger partial charge in [-0.15, -0.1) is 0 Å². The first kappa shape index (κ1) is 24.0. The molecule has 15 heteroatoms. The summed E-state index contributed by atoms with van der Waals surface area (Å²) in [7, 11) is 0. The maximum absolute atomic E-state index is 14.7. The van der Waals surface area contributed by atoms with Gasteiger partial charge < -0.3 is 5.73 Å². The Hall–Kier alpha value is -2.36. The molecule has 5 unspecified atom stereocenters. The molecule has 3 aliphatic heterocycles. The van der Waals surface area contributed by atoms with E-state index in [1.807, 2.05) is 0 Å². The molecule has 2 saturated heterocycles. The molecule has 0 spiro atoms. The standard InChI is InChI=1S/C21H23F6N7O2/c22-13(23)17(2-1-12(28)29-9-17)14-32-15(18-3-10(5-30-35-18)20(24,25)7-18)34-16(33-14)19-4-11(6-31-36-19)21(26,27)8-19/h1,9-11,13,30-31H,2-8,28H2. The van der Waals surface area contributed by atoms with Crippen molar-refractivity contribution in [2.45, 2.75) is 67.0 Å². The molecule has 2 aliphatic carbocycles. The van der Waals surface area contributed by atoms with Gasteiger partial charge in [-0.1, -0.05) is 0 Å². The molecule has 0 aromatic carbocycles. The third-order valence-corrected chi connectivity index (χ3v) is 7.93. The highest BCUT2D eigenvalue weighted by Gasteiger charge is 2.65. The van der Waals surface area contributed by atoms with Crippen LogP contribution in [0.5, 0.6) is 0 Å². The summed E-state index contributed by atoms with van der Waals surface area (Å²) in [5.41, 5.74) is 4.84. The summed E-state index contributed by atoms with van der Waals surface area (Å²) in [6.07, 6.45) is -3.27. The molecule has 0 amide bonds. The number of nitrogens with zero attached hydrogens (tertiary/aromatic N) is 4. The number of hydrogen-bond acceptors (Lipinski definition) is 9. The van der Waals surface area contributed by atoms with E-state index >= 15 is 0 Å². The maximum atomic E-state index is 14.7. The van der Waals surface area contributed by atoms with Gasteiger partial charge in [0, 0.05) is 31.1 Å². The molecule has 196 valence electrons. The van der Waals surface area contributed by atoms with Crippen molar-refractivity contribution in [3.8, 4) is 0 Å². The molecular weight excluding hydrogens is 496 g/mol. The Morgan fingerprint density at radius 3 is 1.81 bits per heavy atom. The Kier molecular flexibility index (Phi) is 5.06. The second kappa shape index (κ2) is 7.58. The number of rotatable bonds is 4. The molecule has 1 aromatic heterocycles. The van der Waals surface area contributed by atoms with E-state index in [0.29, 0.717) is 0 Å². The van der Waals surface area contributed by atoms with Gasteiger partial charge in [-0.05, 0) is 25.3 Å². The molecule has 4 fully saturated rings. The summed E-state index contributed by atoms with van der Waals surface area (Å²) < 4.78 is 88.1. The smallest absolute Gasteiger partial charge is 0.256 e. The van der Waals surface area contributed by atoms with Gasteiger partial charge in [-0.3, -0.25) is 9.68 Å². The van der Waals surface area contributed by atoms with Crippen LogP contribution in [-0.2, 0) is 26.3 Å².